The molecule has 0 aliphatic carbocycles. The summed E-state index contributed by atoms with van der Waals surface area (Å²) in [6.07, 6.45) is 0. The van der Waals surface area contributed by atoms with Crippen LogP contribution < -0.4 is 0 Å². The molecular weight excluding hydrogens is 284 g/mol. The predicted molar refractivity (Wildman–Crippen MR) is 83.1 cm³/mol. The number of carbonyl (C=O) groups excluding carboxylic acids is 1. The number of aliphatic hydroxyl groups is 1. The quantitative estimate of drug-likeness (QED) is 0.883. The molecule has 1 N–H and O–H groups in total. The molecule has 0 saturated carbocycles. The van der Waals surface area contributed by atoms with Crippen LogP contribution in [-0.2, 0) is 6.54 Å². The summed E-state index contributed by atoms with van der Waals surface area (Å²) in [4.78, 5) is 18.1. The average Bonchev–Trinajstić information content (AvgIpc) is 2.92. The van der Waals surface area contributed by atoms with Crippen molar-refractivity contribution in [2.45, 2.75) is 13.5 Å². The molecule has 2 rings (SSSR count). The van der Waals surface area contributed by atoms with E-state index in [1.54, 1.807) is 17.3 Å². The normalized spacial score (nSPS) is 9.86. The van der Waals surface area contributed by atoms with Crippen LogP contribution in [0.5, 0.6) is 0 Å². The van der Waals surface area contributed by atoms with E-state index in [1.165, 1.54) is 11.3 Å². The van der Waals surface area contributed by atoms with Crippen LogP contribution in [0.3, 0.4) is 0 Å². The summed E-state index contributed by atoms with van der Waals surface area (Å²) in [5, 5.41) is 11.4. The molecule has 2 aromatic rings. The third-order valence-corrected chi connectivity index (χ3v) is 3.69. The maximum absolute atomic E-state index is 12.3. The molecule has 0 spiro atoms. The van der Waals surface area contributed by atoms with Gasteiger partial charge >= 0.3 is 0 Å². The van der Waals surface area contributed by atoms with Gasteiger partial charge in [-0.15, -0.1) is 11.3 Å². The minimum atomic E-state index is -0.179. The molecule has 0 unspecified atom stereocenters. The van der Waals surface area contributed by atoms with Crippen molar-refractivity contribution in [3.05, 3.63) is 51.5 Å². The van der Waals surface area contributed by atoms with E-state index in [0.29, 0.717) is 12.2 Å². The highest BCUT2D eigenvalue weighted by atomic mass is 32.1. The van der Waals surface area contributed by atoms with Crippen molar-refractivity contribution in [3.63, 3.8) is 0 Å². The zero-order valence-electron chi connectivity index (χ0n) is 12.0. The summed E-state index contributed by atoms with van der Waals surface area (Å²) >= 11 is 1.46. The van der Waals surface area contributed by atoms with E-state index in [2.05, 4.69) is 16.8 Å². The summed E-state index contributed by atoms with van der Waals surface area (Å²) in [7, 11) is 1.74. The Morgan fingerprint density at radius 3 is 2.86 bits per heavy atom. The summed E-state index contributed by atoms with van der Waals surface area (Å²) < 4.78 is 0. The lowest BCUT2D eigenvalue weighted by atomic mass is 10.1. The van der Waals surface area contributed by atoms with Gasteiger partial charge in [0, 0.05) is 24.5 Å². The molecule has 21 heavy (non-hydrogen) atoms. The molecule has 1 heterocycles. The van der Waals surface area contributed by atoms with Gasteiger partial charge in [0.1, 0.15) is 12.3 Å². The highest BCUT2D eigenvalue weighted by Gasteiger charge is 2.15. The molecular formula is C16H16N2O2S. The lowest BCUT2D eigenvalue weighted by Crippen LogP contribution is -2.26. The van der Waals surface area contributed by atoms with Gasteiger partial charge in [0.25, 0.3) is 5.91 Å². The fourth-order valence-electron chi connectivity index (χ4n) is 1.90. The Kier molecular flexibility index (Phi) is 5.09. The standard InChI is InChI=1S/C16H16N2O2S/c1-12-17-15(11-21-12)16(20)18(2)10-14-7-4-3-6-13(14)8-5-9-19/h3-4,6-7,11,19H,9-10H2,1-2H3. The predicted octanol–water partition coefficient (Wildman–Crippen LogP) is 2.07. The molecule has 0 aliphatic heterocycles. The smallest absolute Gasteiger partial charge is 0.273 e. The summed E-state index contributed by atoms with van der Waals surface area (Å²) in [5.41, 5.74) is 2.24. The van der Waals surface area contributed by atoms with Crippen LogP contribution in [0.2, 0.25) is 0 Å². The fraction of sp³-hybridized carbons (Fsp3) is 0.250. The Morgan fingerprint density at radius 2 is 2.19 bits per heavy atom. The monoisotopic (exact) mass is 300 g/mol. The topological polar surface area (TPSA) is 53.4 Å². The number of benzene rings is 1. The second-order valence-electron chi connectivity index (χ2n) is 4.53. The minimum absolute atomic E-state index is 0.107. The van der Waals surface area contributed by atoms with E-state index in [0.717, 1.165) is 16.1 Å². The summed E-state index contributed by atoms with van der Waals surface area (Å²) in [5.74, 6) is 5.43. The van der Waals surface area contributed by atoms with Crippen molar-refractivity contribution in [1.29, 1.82) is 0 Å². The van der Waals surface area contributed by atoms with Gasteiger partial charge in [0.2, 0.25) is 0 Å². The molecule has 0 bridgehead atoms. The van der Waals surface area contributed by atoms with Gasteiger partial charge in [-0.1, -0.05) is 30.0 Å². The number of aromatic nitrogens is 1. The van der Waals surface area contributed by atoms with Crippen LogP contribution in [0.4, 0.5) is 0 Å². The largest absolute Gasteiger partial charge is 0.384 e. The molecule has 5 heteroatoms. The number of hydrogen-bond acceptors (Lipinski definition) is 4. The molecule has 1 aromatic carbocycles. The Hall–Kier alpha value is -2.16. The van der Waals surface area contributed by atoms with E-state index in [-0.39, 0.29) is 12.5 Å². The number of rotatable bonds is 3. The molecule has 0 saturated heterocycles. The van der Waals surface area contributed by atoms with Gasteiger partial charge < -0.3 is 10.0 Å². The van der Waals surface area contributed by atoms with Crippen molar-refractivity contribution in [3.8, 4) is 11.8 Å². The zero-order valence-corrected chi connectivity index (χ0v) is 12.8. The average molecular weight is 300 g/mol. The van der Waals surface area contributed by atoms with Gasteiger partial charge in [0.15, 0.2) is 0 Å². The van der Waals surface area contributed by atoms with Gasteiger partial charge in [0.05, 0.1) is 5.01 Å². The number of amides is 1. The Labute approximate surface area is 128 Å². The number of aliphatic hydroxyl groups excluding tert-OH is 1. The van der Waals surface area contributed by atoms with Gasteiger partial charge in [-0.25, -0.2) is 4.98 Å². The maximum Gasteiger partial charge on any atom is 0.273 e. The molecule has 0 atom stereocenters. The Balaban J connectivity index is 2.16. The highest BCUT2D eigenvalue weighted by Crippen LogP contribution is 2.14. The summed E-state index contributed by atoms with van der Waals surface area (Å²) in [6.45, 7) is 2.15. The van der Waals surface area contributed by atoms with E-state index in [9.17, 15) is 4.79 Å². The molecule has 0 radical (unpaired) electrons. The second-order valence-corrected chi connectivity index (χ2v) is 5.59. The minimum Gasteiger partial charge on any atom is -0.384 e. The van der Waals surface area contributed by atoms with Gasteiger partial charge in [-0.05, 0) is 18.6 Å². The van der Waals surface area contributed by atoms with Crippen molar-refractivity contribution in [2.75, 3.05) is 13.7 Å². The van der Waals surface area contributed by atoms with E-state index < -0.39 is 0 Å². The first-order valence-electron chi connectivity index (χ1n) is 6.47. The van der Waals surface area contributed by atoms with Crippen molar-refractivity contribution in [1.82, 2.24) is 9.88 Å². The van der Waals surface area contributed by atoms with E-state index >= 15 is 0 Å². The zero-order chi connectivity index (χ0) is 15.2. The van der Waals surface area contributed by atoms with Crippen LogP contribution in [0.1, 0.15) is 26.6 Å². The molecule has 1 aromatic heterocycles. The Morgan fingerprint density at radius 1 is 1.43 bits per heavy atom. The van der Waals surface area contributed by atoms with E-state index in [1.807, 2.05) is 31.2 Å². The first-order chi connectivity index (χ1) is 10.1. The number of thiazole rings is 1. The number of nitrogens with zero attached hydrogens (tertiary/aromatic N) is 2. The number of hydrogen-bond donors (Lipinski definition) is 1. The Bertz CT molecular complexity index is 698. The van der Waals surface area contributed by atoms with Crippen LogP contribution in [-0.4, -0.2) is 34.6 Å². The highest BCUT2D eigenvalue weighted by molar-refractivity contribution is 7.09. The second kappa shape index (κ2) is 7.02. The lowest BCUT2D eigenvalue weighted by Gasteiger charge is -2.17. The maximum atomic E-state index is 12.3. The third kappa shape index (κ3) is 3.91. The first-order valence-corrected chi connectivity index (χ1v) is 7.35. The molecule has 108 valence electrons. The summed E-state index contributed by atoms with van der Waals surface area (Å²) in [6, 6.07) is 7.60. The number of carbonyl (C=O) groups is 1. The van der Waals surface area contributed by atoms with Crippen LogP contribution >= 0.6 is 11.3 Å². The van der Waals surface area contributed by atoms with Crippen LogP contribution in [0.25, 0.3) is 0 Å². The number of aryl methyl sites for hydroxylation is 1. The molecule has 1 amide bonds. The SMILES string of the molecule is Cc1nc(C(=O)N(C)Cc2ccccc2C#CCO)cs1. The van der Waals surface area contributed by atoms with Gasteiger partial charge in [-0.2, -0.15) is 0 Å². The van der Waals surface area contributed by atoms with Crippen LogP contribution in [0, 0.1) is 18.8 Å². The molecule has 4 nitrogen and oxygen atoms in total. The lowest BCUT2D eigenvalue weighted by molar-refractivity contribution is 0.0780. The van der Waals surface area contributed by atoms with E-state index in [4.69, 9.17) is 5.11 Å². The van der Waals surface area contributed by atoms with Gasteiger partial charge in [-0.3, -0.25) is 4.79 Å². The third-order valence-electron chi connectivity index (χ3n) is 2.91. The van der Waals surface area contributed by atoms with Crippen molar-refractivity contribution >= 4 is 17.2 Å². The van der Waals surface area contributed by atoms with Crippen molar-refractivity contribution in [2.24, 2.45) is 0 Å². The molecule has 0 fully saturated rings. The fourth-order valence-corrected chi connectivity index (χ4v) is 2.49. The first kappa shape index (κ1) is 15.2. The molecule has 0 aliphatic rings. The van der Waals surface area contributed by atoms with Crippen molar-refractivity contribution < 1.29 is 9.90 Å². The van der Waals surface area contributed by atoms with Crippen LogP contribution in [0.15, 0.2) is 29.6 Å².